The molecule has 546 valence electrons. The van der Waals surface area contributed by atoms with E-state index in [4.69, 9.17) is 33.5 Å². The average Bonchev–Trinajstić information content (AvgIpc) is 0.724. The van der Waals surface area contributed by atoms with E-state index in [1.54, 1.807) is 83.8 Å². The van der Waals surface area contributed by atoms with Crippen molar-refractivity contribution in [3.8, 4) is 22.5 Å². The second kappa shape index (κ2) is 31.1. The predicted molar refractivity (Wildman–Crippen MR) is 370 cm³/mol. The molecule has 3 aliphatic carbocycles. The number of nitrogens with zero attached hydrogens (tertiary/aromatic N) is 4. The summed E-state index contributed by atoms with van der Waals surface area (Å²) < 4.78 is 38.9. The van der Waals surface area contributed by atoms with Gasteiger partial charge in [0.15, 0.2) is 17.5 Å². The van der Waals surface area contributed by atoms with Crippen molar-refractivity contribution in [2.24, 2.45) is 16.7 Å². The number of para-hydroxylation sites is 1. The number of hydrogen-bond donors (Lipinski definition) is 6. The number of aromatic nitrogens is 3. The van der Waals surface area contributed by atoms with E-state index in [2.05, 4.69) is 26.3 Å². The highest BCUT2D eigenvalue weighted by atomic mass is 16.6. The number of anilines is 1. The summed E-state index contributed by atoms with van der Waals surface area (Å²) in [6.45, 7) is 7.53. The maximum atomic E-state index is 16.0. The van der Waals surface area contributed by atoms with Gasteiger partial charge in [-0.3, -0.25) is 43.2 Å². The molecule has 4 amide bonds. The highest BCUT2D eigenvalue weighted by Crippen LogP contribution is 2.64. The van der Waals surface area contributed by atoms with Crippen LogP contribution in [0, 0.1) is 16.7 Å². The lowest BCUT2D eigenvalue weighted by Gasteiger charge is -2.67. The van der Waals surface area contributed by atoms with Crippen LogP contribution in [0.5, 0.6) is 0 Å². The largest absolute Gasteiger partial charge is 0.481 e. The molecule has 27 nitrogen and oxygen atoms in total. The number of carboxylic acids is 1. The molecule has 11 rings (SSSR count). The standard InChI is InChI=1S/C77H83N7O20/c1-44-54(40-77(98)70(103-72(96)49-27-15-9-16-28-49)68-75(6,55(87)39-56-76(68,43-99-56)104-46(3)86)69(94)66(100-45(2)85)62(44)74(77,4)5)101-73(97)67(63(47-23-11-7-12-24-47)80-71(95)48-25-13-8-14-26-48)102-61(93)35-34-57(88)79-41-58(89)78-37-36-59(90)83-42-50-29-18-19-30-51(50)65-64(52-31-20-21-32-53(52)83)81-82-84(65)38-22-10-17-33-60(91)92/h7-9,11-16,18-21,23-32,54-56,63,66-68,70,87,98H,10,17,22,33-43H2,1-6H3,(H,78,89)(H,79,88)(H,80,95)(H,91,92)/t54-,55-,56+,63?,66+,67+,68-,70-,75+,76-,77+/m0/s1. The molecule has 11 atom stereocenters. The van der Waals surface area contributed by atoms with Crippen molar-refractivity contribution in [3.63, 3.8) is 0 Å². The van der Waals surface area contributed by atoms with E-state index in [0.29, 0.717) is 42.8 Å². The smallest absolute Gasteiger partial charge is 0.350 e. The van der Waals surface area contributed by atoms with Gasteiger partial charge >= 0.3 is 35.8 Å². The molecule has 2 aliphatic heterocycles. The lowest BCUT2D eigenvalue weighted by atomic mass is 9.44. The van der Waals surface area contributed by atoms with Gasteiger partial charge in [-0.05, 0) is 79.3 Å². The molecule has 3 heterocycles. The van der Waals surface area contributed by atoms with Gasteiger partial charge in [0.1, 0.15) is 35.6 Å². The topological polar surface area (TPSA) is 374 Å². The zero-order valence-electron chi connectivity index (χ0n) is 58.4. The number of benzene rings is 5. The second-order valence-electron chi connectivity index (χ2n) is 27.6. The summed E-state index contributed by atoms with van der Waals surface area (Å²) in [4.78, 5) is 156. The van der Waals surface area contributed by atoms with Crippen LogP contribution in [-0.4, -0.2) is 163 Å². The third kappa shape index (κ3) is 14.9. The Morgan fingerprint density at radius 3 is 2.04 bits per heavy atom. The average molecular weight is 1430 g/mol. The number of carboxylic acid groups (broad SMARTS) is 1. The molecular formula is C77H83N7O20. The number of Topliss-reactive ketones (excluding diaryl/α,β-unsaturated/α-hetero) is 1. The van der Waals surface area contributed by atoms with Crippen molar-refractivity contribution in [1.82, 2.24) is 30.9 Å². The Hall–Kier alpha value is -10.8. The first-order valence-corrected chi connectivity index (χ1v) is 34.6. The van der Waals surface area contributed by atoms with Gasteiger partial charge in [0.2, 0.25) is 23.8 Å². The number of nitrogens with one attached hydrogen (secondary N) is 3. The number of rotatable bonds is 25. The van der Waals surface area contributed by atoms with Crippen LogP contribution >= 0.6 is 0 Å². The SMILES string of the molecule is CC(=O)O[C@H]1C(=O)[C@@]2(C)[C@H]([C@H](OC(=O)c3ccccc3)[C@]3(O)C[C@H](OC(=O)[C@H](OC(=O)CCC(=O)NCC(=O)NCCC(=O)N4Cc5ccccc5-c5c(nnn5CCCCCC(=O)O)-c5ccccc54)C(NC(=O)c4ccccc4)c4ccccc4)C(C)=C1C3(C)C)[C@]1(OC(C)=O)CO[C@@H]1C[C@@H]2O. The number of hydrogen-bond acceptors (Lipinski definition) is 21. The normalized spacial score (nSPS) is 23.9. The molecule has 6 aromatic rings. The van der Waals surface area contributed by atoms with E-state index in [0.717, 1.165) is 30.7 Å². The number of aliphatic hydroxyl groups is 2. The van der Waals surface area contributed by atoms with Gasteiger partial charge in [0.05, 0.1) is 60.5 Å². The summed E-state index contributed by atoms with van der Waals surface area (Å²) in [5.41, 5.74) is -4.05. The summed E-state index contributed by atoms with van der Waals surface area (Å²) in [7, 11) is 0. The van der Waals surface area contributed by atoms with Gasteiger partial charge in [0, 0.05) is 81.1 Å². The Balaban J connectivity index is 0.829. The highest BCUT2D eigenvalue weighted by molar-refractivity contribution is 6.01. The molecule has 0 radical (unpaired) electrons. The van der Waals surface area contributed by atoms with Crippen LogP contribution in [0.1, 0.15) is 137 Å². The quantitative estimate of drug-likeness (QED) is 0.0148. The number of amides is 4. The van der Waals surface area contributed by atoms with Gasteiger partial charge in [-0.2, -0.15) is 0 Å². The van der Waals surface area contributed by atoms with Crippen molar-refractivity contribution < 1.29 is 96.5 Å². The minimum Gasteiger partial charge on any atom is -0.481 e. The molecular weight excluding hydrogens is 1340 g/mol. The first kappa shape index (κ1) is 74.4. The number of carbonyl (C=O) groups excluding carboxylic acids is 10. The molecule has 27 heteroatoms. The Morgan fingerprint density at radius 1 is 0.721 bits per heavy atom. The van der Waals surface area contributed by atoms with Gasteiger partial charge in [0.25, 0.3) is 5.91 Å². The lowest BCUT2D eigenvalue weighted by molar-refractivity contribution is -0.346. The first-order chi connectivity index (χ1) is 49.7. The molecule has 1 saturated heterocycles. The van der Waals surface area contributed by atoms with Crippen LogP contribution in [0.2, 0.25) is 0 Å². The number of aliphatic carboxylic acids is 1. The van der Waals surface area contributed by atoms with Crippen LogP contribution in [0.25, 0.3) is 22.5 Å². The predicted octanol–water partition coefficient (Wildman–Crippen LogP) is 6.81. The van der Waals surface area contributed by atoms with Crippen LogP contribution in [0.15, 0.2) is 151 Å². The summed E-state index contributed by atoms with van der Waals surface area (Å²) in [6.07, 6.45) is -11.1. The number of esters is 5. The number of unbranched alkanes of at least 4 members (excludes halogenated alkanes) is 2. The number of ether oxygens (including phenoxy) is 6. The summed E-state index contributed by atoms with van der Waals surface area (Å²) in [6, 6.07) is 36.7. The molecule has 5 aliphatic rings. The van der Waals surface area contributed by atoms with E-state index in [1.165, 1.54) is 52.0 Å². The summed E-state index contributed by atoms with van der Waals surface area (Å²) in [5.74, 6) is -11.4. The Kier molecular flexibility index (Phi) is 22.2. The number of aliphatic hydroxyl groups excluding tert-OH is 1. The fourth-order valence-corrected chi connectivity index (χ4v) is 15.4. The molecule has 3 fully saturated rings. The Bertz CT molecular complexity index is 4330. The number of ketones is 1. The van der Waals surface area contributed by atoms with Crippen molar-refractivity contribution in [1.29, 1.82) is 0 Å². The van der Waals surface area contributed by atoms with E-state index < -0.39 is 162 Å². The van der Waals surface area contributed by atoms with Crippen LogP contribution in [0.4, 0.5) is 5.69 Å². The summed E-state index contributed by atoms with van der Waals surface area (Å²) in [5, 5.41) is 52.6. The van der Waals surface area contributed by atoms with Gasteiger partial charge in [-0.1, -0.05) is 135 Å². The number of carbonyl (C=O) groups is 11. The molecule has 104 heavy (non-hydrogen) atoms. The molecule has 0 spiro atoms. The highest BCUT2D eigenvalue weighted by Gasteiger charge is 2.78. The fourth-order valence-electron chi connectivity index (χ4n) is 15.4. The fraction of sp³-hybridized carbons (Fsp3) is 0.416. The number of aryl methyl sites for hydroxylation is 1. The van der Waals surface area contributed by atoms with Gasteiger partial charge < -0.3 is 64.6 Å². The van der Waals surface area contributed by atoms with Crippen molar-refractivity contribution >= 4 is 70.9 Å². The molecule has 6 N–H and O–H groups in total. The zero-order chi connectivity index (χ0) is 74.4. The zero-order valence-corrected chi connectivity index (χ0v) is 58.4. The van der Waals surface area contributed by atoms with E-state index >= 15 is 9.59 Å². The van der Waals surface area contributed by atoms with Crippen LogP contribution in [-0.2, 0) is 84.7 Å². The molecule has 2 saturated carbocycles. The third-order valence-electron chi connectivity index (χ3n) is 20.7. The Labute approximate surface area is 598 Å². The summed E-state index contributed by atoms with van der Waals surface area (Å²) >= 11 is 0. The maximum Gasteiger partial charge on any atom is 0.350 e. The van der Waals surface area contributed by atoms with Crippen molar-refractivity contribution in [2.45, 2.75) is 166 Å². The minimum absolute atomic E-state index is 0.00513. The lowest BCUT2D eigenvalue weighted by Crippen LogP contribution is -2.82. The monoisotopic (exact) mass is 1430 g/mol. The van der Waals surface area contributed by atoms with Crippen molar-refractivity contribution in [3.05, 3.63) is 173 Å². The molecule has 1 aromatic heterocycles. The van der Waals surface area contributed by atoms with E-state index in [9.17, 15) is 53.4 Å². The Morgan fingerprint density at radius 2 is 1.38 bits per heavy atom. The molecule has 1 unspecified atom stereocenters. The maximum absolute atomic E-state index is 16.0. The van der Waals surface area contributed by atoms with Crippen molar-refractivity contribution in [2.75, 3.05) is 24.6 Å². The molecule has 2 bridgehead atoms. The van der Waals surface area contributed by atoms with E-state index in [1.807, 2.05) is 41.1 Å². The van der Waals surface area contributed by atoms with E-state index in [-0.39, 0.29) is 66.1 Å². The molecule has 5 aromatic carbocycles. The minimum atomic E-state index is -2.57. The van der Waals surface area contributed by atoms with Crippen LogP contribution in [0.3, 0.4) is 0 Å². The van der Waals surface area contributed by atoms with Gasteiger partial charge in [-0.15, -0.1) is 5.10 Å². The van der Waals surface area contributed by atoms with Gasteiger partial charge in [-0.25, -0.2) is 14.3 Å². The first-order valence-electron chi connectivity index (χ1n) is 34.6. The second-order valence-corrected chi connectivity index (χ2v) is 27.6. The third-order valence-corrected chi connectivity index (χ3v) is 20.7. The van der Waals surface area contributed by atoms with Crippen LogP contribution < -0.4 is 20.9 Å². The number of fused-ring (bicyclic) bond motifs is 10.